The molecule has 0 radical (unpaired) electrons. The monoisotopic (exact) mass is 323 g/mol. The van der Waals surface area contributed by atoms with Crippen LogP contribution in [0.15, 0.2) is 23.0 Å². The Bertz CT molecular complexity index is 816. The summed E-state index contributed by atoms with van der Waals surface area (Å²) in [5.74, 6) is -1.37. The first-order valence-corrected chi connectivity index (χ1v) is 5.78. The first-order valence-electron chi connectivity index (χ1n) is 5.78. The highest BCUT2D eigenvalue weighted by Crippen LogP contribution is 2.43. The van der Waals surface area contributed by atoms with E-state index < -0.39 is 51.3 Å². The third-order valence-corrected chi connectivity index (χ3v) is 2.97. The van der Waals surface area contributed by atoms with Gasteiger partial charge in [-0.2, -0.15) is 26.3 Å². The van der Waals surface area contributed by atoms with Crippen molar-refractivity contribution in [2.75, 3.05) is 0 Å². The molecule has 2 rings (SSSR count). The van der Waals surface area contributed by atoms with Crippen LogP contribution in [0.25, 0.3) is 10.9 Å². The second-order valence-corrected chi connectivity index (χ2v) is 4.51. The quantitative estimate of drug-likeness (QED) is 0.641. The van der Waals surface area contributed by atoms with Gasteiger partial charge in [-0.3, -0.25) is 9.59 Å². The lowest BCUT2D eigenvalue weighted by Crippen LogP contribution is -2.20. The molecule has 3 nitrogen and oxygen atoms in total. The van der Waals surface area contributed by atoms with E-state index in [1.807, 2.05) is 4.98 Å². The van der Waals surface area contributed by atoms with E-state index in [1.165, 1.54) is 0 Å². The molecule has 0 aliphatic rings. The van der Waals surface area contributed by atoms with Gasteiger partial charge in [-0.1, -0.05) is 0 Å². The fourth-order valence-corrected chi connectivity index (χ4v) is 2.19. The first-order chi connectivity index (χ1) is 9.93. The highest BCUT2D eigenvalue weighted by molar-refractivity contribution is 6.03. The summed E-state index contributed by atoms with van der Waals surface area (Å²) in [5.41, 5.74) is -6.40. The Balaban J connectivity index is 3.12. The molecule has 0 spiro atoms. The summed E-state index contributed by atoms with van der Waals surface area (Å²) in [6.07, 6.45) is -10.4. The number of ketones is 1. The maximum Gasteiger partial charge on any atom is 0.417 e. The van der Waals surface area contributed by atoms with Crippen molar-refractivity contribution < 1.29 is 31.1 Å². The minimum Gasteiger partial charge on any atom is -0.322 e. The number of nitrogens with one attached hydrogen (secondary N) is 1. The number of pyridine rings is 1. The Morgan fingerprint density at radius 3 is 2.09 bits per heavy atom. The average Bonchev–Trinajstić information content (AvgIpc) is 2.33. The van der Waals surface area contributed by atoms with Gasteiger partial charge in [-0.05, 0) is 19.1 Å². The van der Waals surface area contributed by atoms with E-state index in [9.17, 15) is 35.9 Å². The van der Waals surface area contributed by atoms with Crippen LogP contribution in [0.5, 0.6) is 0 Å². The van der Waals surface area contributed by atoms with Crippen LogP contribution in [0, 0.1) is 0 Å². The number of H-pyrrole nitrogens is 1. The van der Waals surface area contributed by atoms with Crippen molar-refractivity contribution in [3.63, 3.8) is 0 Å². The fraction of sp³-hybridized carbons (Fsp3) is 0.231. The third-order valence-electron chi connectivity index (χ3n) is 2.97. The van der Waals surface area contributed by atoms with Crippen LogP contribution in [0.3, 0.4) is 0 Å². The number of Topliss-reactive ketones (excluding diaryl/α,β-unsaturated/α-hetero) is 1. The van der Waals surface area contributed by atoms with Crippen molar-refractivity contribution in [1.82, 2.24) is 4.98 Å². The van der Waals surface area contributed by atoms with E-state index in [4.69, 9.17) is 0 Å². The van der Waals surface area contributed by atoms with Crippen LogP contribution >= 0.6 is 0 Å². The third kappa shape index (κ3) is 2.70. The molecule has 2 aromatic rings. The number of carbonyl (C=O) groups excluding carboxylic acids is 1. The standard InChI is InChI=1S/C13H7F6NO2/c1-5(21)10-7(12(14,15)16)4-8-6(2-3-9(22)20-8)11(10)13(17,18)19/h2-4H,1H3,(H,20,22). The molecule has 0 amide bonds. The molecule has 0 bridgehead atoms. The minimum absolute atomic E-state index is 0.336. The highest BCUT2D eigenvalue weighted by Gasteiger charge is 2.43. The van der Waals surface area contributed by atoms with E-state index in [1.54, 1.807) is 0 Å². The number of benzene rings is 1. The number of hydrogen-bond acceptors (Lipinski definition) is 2. The number of hydrogen-bond donors (Lipinski definition) is 1. The fourth-order valence-electron chi connectivity index (χ4n) is 2.19. The zero-order valence-electron chi connectivity index (χ0n) is 10.8. The van der Waals surface area contributed by atoms with Gasteiger partial charge in [0.1, 0.15) is 0 Å². The predicted molar refractivity (Wildman–Crippen MR) is 64.6 cm³/mol. The second kappa shape index (κ2) is 4.85. The van der Waals surface area contributed by atoms with Crippen molar-refractivity contribution in [1.29, 1.82) is 0 Å². The smallest absolute Gasteiger partial charge is 0.322 e. The van der Waals surface area contributed by atoms with Crippen LogP contribution in [-0.2, 0) is 12.4 Å². The summed E-state index contributed by atoms with van der Waals surface area (Å²) >= 11 is 0. The molecule has 0 aliphatic carbocycles. The minimum atomic E-state index is -5.20. The number of aromatic nitrogens is 1. The number of alkyl halides is 6. The van der Waals surface area contributed by atoms with Gasteiger partial charge in [-0.15, -0.1) is 0 Å². The van der Waals surface area contributed by atoms with Crippen molar-refractivity contribution in [2.24, 2.45) is 0 Å². The number of carbonyl (C=O) groups is 1. The van der Waals surface area contributed by atoms with Gasteiger partial charge in [0, 0.05) is 22.5 Å². The van der Waals surface area contributed by atoms with Crippen molar-refractivity contribution in [2.45, 2.75) is 19.3 Å². The topological polar surface area (TPSA) is 49.9 Å². The molecule has 0 unspecified atom stereocenters. The summed E-state index contributed by atoms with van der Waals surface area (Å²) in [4.78, 5) is 24.5. The summed E-state index contributed by atoms with van der Waals surface area (Å²) in [6.45, 7) is 0.622. The average molecular weight is 323 g/mol. The van der Waals surface area contributed by atoms with Gasteiger partial charge in [0.2, 0.25) is 5.56 Å². The van der Waals surface area contributed by atoms with Crippen molar-refractivity contribution in [3.05, 3.63) is 45.2 Å². The number of rotatable bonds is 1. The van der Waals surface area contributed by atoms with Crippen LogP contribution in [0.1, 0.15) is 28.4 Å². The molecule has 0 fully saturated rings. The summed E-state index contributed by atoms with van der Waals surface area (Å²) < 4.78 is 78.6. The SMILES string of the molecule is CC(=O)c1c(C(F)(F)F)cc2[nH]c(=O)ccc2c1C(F)(F)F. The van der Waals surface area contributed by atoms with Gasteiger partial charge in [0.15, 0.2) is 5.78 Å². The Kier molecular flexibility index (Phi) is 3.54. The van der Waals surface area contributed by atoms with Gasteiger partial charge < -0.3 is 4.98 Å². The molecule has 0 atom stereocenters. The number of aromatic amines is 1. The van der Waals surface area contributed by atoms with Crippen LogP contribution in [0.4, 0.5) is 26.3 Å². The van der Waals surface area contributed by atoms with E-state index in [-0.39, 0.29) is 0 Å². The maximum atomic E-state index is 13.2. The molecule has 118 valence electrons. The molecular formula is C13H7F6NO2. The molecule has 22 heavy (non-hydrogen) atoms. The van der Waals surface area contributed by atoms with E-state index in [0.29, 0.717) is 13.0 Å². The van der Waals surface area contributed by atoms with Gasteiger partial charge >= 0.3 is 12.4 Å². The van der Waals surface area contributed by atoms with E-state index in [2.05, 4.69) is 0 Å². The lowest BCUT2D eigenvalue weighted by molar-refractivity contribution is -0.142. The number of halogens is 6. The molecule has 9 heteroatoms. The van der Waals surface area contributed by atoms with E-state index in [0.717, 1.165) is 12.1 Å². The molecule has 0 saturated carbocycles. The molecule has 1 aromatic carbocycles. The van der Waals surface area contributed by atoms with Crippen LogP contribution in [-0.4, -0.2) is 10.8 Å². The molecule has 1 aromatic heterocycles. The summed E-state index contributed by atoms with van der Waals surface area (Å²) in [6, 6.07) is 1.82. The Morgan fingerprint density at radius 1 is 1.05 bits per heavy atom. The zero-order valence-corrected chi connectivity index (χ0v) is 10.8. The molecule has 1 N–H and O–H groups in total. The first kappa shape index (κ1) is 16.1. The second-order valence-electron chi connectivity index (χ2n) is 4.51. The number of fused-ring (bicyclic) bond motifs is 1. The van der Waals surface area contributed by atoms with Gasteiger partial charge in [0.05, 0.1) is 11.1 Å². The van der Waals surface area contributed by atoms with Crippen molar-refractivity contribution in [3.8, 4) is 0 Å². The van der Waals surface area contributed by atoms with E-state index >= 15 is 0 Å². The Labute approximate surface area is 118 Å². The largest absolute Gasteiger partial charge is 0.417 e. The zero-order chi connectivity index (χ0) is 16.9. The lowest BCUT2D eigenvalue weighted by atomic mass is 9.93. The lowest BCUT2D eigenvalue weighted by Gasteiger charge is -2.19. The predicted octanol–water partition coefficient (Wildman–Crippen LogP) is 3.77. The van der Waals surface area contributed by atoms with Gasteiger partial charge in [0.25, 0.3) is 0 Å². The van der Waals surface area contributed by atoms with Crippen molar-refractivity contribution >= 4 is 16.7 Å². The molecule has 0 saturated heterocycles. The molecular weight excluding hydrogens is 316 g/mol. The maximum absolute atomic E-state index is 13.2. The van der Waals surface area contributed by atoms with Gasteiger partial charge in [-0.25, -0.2) is 0 Å². The Morgan fingerprint density at radius 2 is 1.64 bits per heavy atom. The Hall–Kier alpha value is -2.32. The molecule has 0 aliphatic heterocycles. The highest BCUT2D eigenvalue weighted by atomic mass is 19.4. The summed E-state index contributed by atoms with van der Waals surface area (Å²) in [5, 5.41) is -0.676. The summed E-state index contributed by atoms with van der Waals surface area (Å²) in [7, 11) is 0. The van der Waals surface area contributed by atoms with Crippen LogP contribution in [0.2, 0.25) is 0 Å². The normalized spacial score (nSPS) is 12.7. The van der Waals surface area contributed by atoms with Crippen LogP contribution < -0.4 is 5.56 Å². The molecule has 1 heterocycles.